The van der Waals surface area contributed by atoms with Gasteiger partial charge in [-0.25, -0.2) is 4.98 Å². The van der Waals surface area contributed by atoms with Gasteiger partial charge in [0.2, 0.25) is 5.71 Å². The van der Waals surface area contributed by atoms with Crippen LogP contribution in [0.1, 0.15) is 11.3 Å². The van der Waals surface area contributed by atoms with E-state index in [9.17, 15) is 0 Å². The Bertz CT molecular complexity index is 2720. The summed E-state index contributed by atoms with van der Waals surface area (Å²) in [4.78, 5) is 6.76. The number of nitrogens with one attached hydrogen (secondary N) is 1. The van der Waals surface area contributed by atoms with E-state index in [2.05, 4.69) is 161 Å². The zero-order valence-electron chi connectivity index (χ0n) is 27.6. The molecule has 0 spiro atoms. The molecule has 10 rings (SSSR count). The maximum atomic E-state index is 6.40. The van der Waals surface area contributed by atoms with Gasteiger partial charge in [-0.2, -0.15) is 0 Å². The predicted octanol–water partition coefficient (Wildman–Crippen LogP) is 12.3. The molecule has 0 radical (unpaired) electrons. The van der Waals surface area contributed by atoms with Crippen LogP contribution in [0.2, 0.25) is 0 Å². The third kappa shape index (κ3) is 4.98. The molecule has 3 aromatic heterocycles. The van der Waals surface area contributed by atoms with Crippen molar-refractivity contribution in [3.05, 3.63) is 175 Å². The zero-order chi connectivity index (χ0) is 33.7. The molecule has 1 aliphatic heterocycles. The van der Waals surface area contributed by atoms with Gasteiger partial charge in [-0.3, -0.25) is 0 Å². The number of hydrogen-bond donors (Lipinski definition) is 1. The van der Waals surface area contributed by atoms with Crippen LogP contribution in [0.25, 0.3) is 72.5 Å². The molecule has 0 unspecified atom stereocenters. The Morgan fingerprint density at radius 3 is 1.73 bits per heavy atom. The summed E-state index contributed by atoms with van der Waals surface area (Å²) in [5.41, 5.74) is 13.4. The van der Waals surface area contributed by atoms with Gasteiger partial charge in [-0.05, 0) is 83.1 Å². The van der Waals surface area contributed by atoms with Crippen LogP contribution in [-0.2, 0) is 6.54 Å². The highest BCUT2D eigenvalue weighted by molar-refractivity contribution is 6.08. The first-order valence-electron chi connectivity index (χ1n) is 17.2. The van der Waals surface area contributed by atoms with Crippen molar-refractivity contribution in [1.82, 2.24) is 10.3 Å². The van der Waals surface area contributed by atoms with Gasteiger partial charge >= 0.3 is 0 Å². The first kappa shape index (κ1) is 29.1. The van der Waals surface area contributed by atoms with Crippen LogP contribution >= 0.6 is 0 Å². The Balaban J connectivity index is 1.05. The summed E-state index contributed by atoms with van der Waals surface area (Å²) in [5, 5.41) is 6.49. The SMILES string of the molecule is C1=Cc2c(oc3c(-c4ccc(N(c5ccc(-c6ccccc6)cc5)c5ccc(-c6cccc7c6oc6ncccc67)cc5)cc4)cccc23)CN1. The normalized spacial score (nSPS) is 12.3. The van der Waals surface area contributed by atoms with Crippen molar-refractivity contribution in [1.29, 1.82) is 0 Å². The lowest BCUT2D eigenvalue weighted by atomic mass is 10.00. The van der Waals surface area contributed by atoms with Crippen LogP contribution in [0.15, 0.2) is 173 Å². The van der Waals surface area contributed by atoms with Gasteiger partial charge in [0.05, 0.1) is 6.54 Å². The van der Waals surface area contributed by atoms with E-state index in [-0.39, 0.29) is 0 Å². The molecule has 0 amide bonds. The van der Waals surface area contributed by atoms with E-state index >= 15 is 0 Å². The highest BCUT2D eigenvalue weighted by atomic mass is 16.3. The Hall–Kier alpha value is -6.85. The summed E-state index contributed by atoms with van der Waals surface area (Å²) in [6, 6.07) is 53.5. The molecule has 9 aromatic rings. The van der Waals surface area contributed by atoms with Gasteiger partial charge in [-0.15, -0.1) is 0 Å². The van der Waals surface area contributed by atoms with Crippen molar-refractivity contribution in [2.75, 3.05) is 4.90 Å². The van der Waals surface area contributed by atoms with Crippen molar-refractivity contribution < 1.29 is 8.83 Å². The summed E-state index contributed by atoms with van der Waals surface area (Å²) in [5.74, 6) is 0.971. The first-order chi connectivity index (χ1) is 25.3. The van der Waals surface area contributed by atoms with Gasteiger partial charge < -0.3 is 19.1 Å². The fourth-order valence-electron chi connectivity index (χ4n) is 7.34. The third-order valence-electron chi connectivity index (χ3n) is 9.84. The number of hydrogen-bond acceptors (Lipinski definition) is 5. The minimum Gasteiger partial charge on any atom is -0.458 e. The molecule has 1 aliphatic rings. The molecule has 6 aromatic carbocycles. The standard InChI is InChI=1S/C46H31N3O2/c1-2-7-30(8-3-1)31-14-20-34(21-15-31)49(35-22-16-32(17-23-35)37-9-4-11-40-39-26-28-47-29-43(39)50-44(37)40)36-24-18-33(19-25-36)38-10-5-12-41-42-13-6-27-48-46(42)51-45(38)41/h1-28,47H,29H2. The molecule has 51 heavy (non-hydrogen) atoms. The molecule has 0 aliphatic carbocycles. The summed E-state index contributed by atoms with van der Waals surface area (Å²) in [6.07, 6.45) is 5.85. The monoisotopic (exact) mass is 657 g/mol. The molecule has 242 valence electrons. The molecule has 1 N–H and O–H groups in total. The summed E-state index contributed by atoms with van der Waals surface area (Å²) in [7, 11) is 0. The van der Waals surface area contributed by atoms with Crippen molar-refractivity contribution in [3.8, 4) is 33.4 Å². The Morgan fingerprint density at radius 1 is 0.490 bits per heavy atom. The summed E-state index contributed by atoms with van der Waals surface area (Å²) in [6.45, 7) is 0.695. The van der Waals surface area contributed by atoms with Crippen LogP contribution in [0, 0.1) is 0 Å². The third-order valence-corrected chi connectivity index (χ3v) is 9.84. The van der Waals surface area contributed by atoms with Gasteiger partial charge in [0.1, 0.15) is 16.9 Å². The number of rotatable bonds is 6. The number of fused-ring (bicyclic) bond motifs is 6. The minimum absolute atomic E-state index is 0.655. The Labute approximate surface area is 294 Å². The largest absolute Gasteiger partial charge is 0.458 e. The summed E-state index contributed by atoms with van der Waals surface area (Å²) < 4.78 is 12.7. The fourth-order valence-corrected chi connectivity index (χ4v) is 7.34. The highest BCUT2D eigenvalue weighted by Crippen LogP contribution is 2.41. The fraction of sp³-hybridized carbons (Fsp3) is 0.0217. The van der Waals surface area contributed by atoms with Gasteiger partial charge in [0.15, 0.2) is 0 Å². The highest BCUT2D eigenvalue weighted by Gasteiger charge is 2.19. The van der Waals surface area contributed by atoms with E-state index in [1.165, 1.54) is 11.1 Å². The summed E-state index contributed by atoms with van der Waals surface area (Å²) >= 11 is 0. The van der Waals surface area contributed by atoms with Crippen molar-refractivity contribution in [2.24, 2.45) is 0 Å². The second-order valence-corrected chi connectivity index (χ2v) is 12.8. The van der Waals surface area contributed by atoms with Crippen molar-refractivity contribution in [2.45, 2.75) is 6.54 Å². The van der Waals surface area contributed by atoms with Crippen molar-refractivity contribution in [3.63, 3.8) is 0 Å². The maximum absolute atomic E-state index is 6.40. The number of furan rings is 2. The topological polar surface area (TPSA) is 54.4 Å². The average molecular weight is 658 g/mol. The van der Waals surface area contributed by atoms with E-state index in [1.807, 2.05) is 18.3 Å². The minimum atomic E-state index is 0.655. The lowest BCUT2D eigenvalue weighted by Gasteiger charge is -2.26. The molecule has 5 heteroatoms. The lowest BCUT2D eigenvalue weighted by Crippen LogP contribution is -2.09. The number of benzene rings is 6. The van der Waals surface area contributed by atoms with Crippen LogP contribution in [0.4, 0.5) is 17.1 Å². The molecule has 4 heterocycles. The molecular weight excluding hydrogens is 627 g/mol. The van der Waals surface area contributed by atoms with Crippen LogP contribution in [0.5, 0.6) is 0 Å². The van der Waals surface area contributed by atoms with E-state index in [1.54, 1.807) is 6.20 Å². The Kier molecular flexibility index (Phi) is 6.81. The number of para-hydroxylation sites is 2. The smallest absolute Gasteiger partial charge is 0.227 e. The van der Waals surface area contributed by atoms with E-state index in [0.29, 0.717) is 12.3 Å². The number of nitrogens with zero attached hydrogens (tertiary/aromatic N) is 2. The van der Waals surface area contributed by atoms with E-state index in [0.717, 1.165) is 78.0 Å². The van der Waals surface area contributed by atoms with E-state index < -0.39 is 0 Å². The predicted molar refractivity (Wildman–Crippen MR) is 208 cm³/mol. The quantitative estimate of drug-likeness (QED) is 0.193. The number of pyridine rings is 1. The Morgan fingerprint density at radius 2 is 1.06 bits per heavy atom. The molecule has 5 nitrogen and oxygen atoms in total. The van der Waals surface area contributed by atoms with Gasteiger partial charge in [-0.1, -0.05) is 103 Å². The molecular formula is C46H31N3O2. The molecule has 0 atom stereocenters. The van der Waals surface area contributed by atoms with Crippen LogP contribution < -0.4 is 10.2 Å². The second-order valence-electron chi connectivity index (χ2n) is 12.8. The maximum Gasteiger partial charge on any atom is 0.227 e. The zero-order valence-corrected chi connectivity index (χ0v) is 27.6. The molecule has 0 saturated heterocycles. The van der Waals surface area contributed by atoms with Crippen LogP contribution in [0.3, 0.4) is 0 Å². The average Bonchev–Trinajstić information content (AvgIpc) is 3.78. The molecule has 0 saturated carbocycles. The lowest BCUT2D eigenvalue weighted by molar-refractivity contribution is 0.533. The molecule has 0 fully saturated rings. The first-order valence-corrected chi connectivity index (χ1v) is 17.2. The van der Waals surface area contributed by atoms with Gasteiger partial charge in [0.25, 0.3) is 0 Å². The second kappa shape index (κ2) is 11.9. The molecule has 0 bridgehead atoms. The van der Waals surface area contributed by atoms with Crippen LogP contribution in [-0.4, -0.2) is 4.98 Å². The van der Waals surface area contributed by atoms with Gasteiger partial charge in [0, 0.05) is 56.1 Å². The number of aromatic nitrogens is 1. The van der Waals surface area contributed by atoms with E-state index in [4.69, 9.17) is 8.83 Å². The van der Waals surface area contributed by atoms with Crippen molar-refractivity contribution >= 4 is 56.2 Å². The number of anilines is 3.